The predicted molar refractivity (Wildman–Crippen MR) is 183 cm³/mol. The number of nitrogens with one attached hydrogen (secondary N) is 1. The fourth-order valence-electron chi connectivity index (χ4n) is 6.40. The summed E-state index contributed by atoms with van der Waals surface area (Å²) in [5.41, 5.74) is 1.34. The van der Waals surface area contributed by atoms with Crippen molar-refractivity contribution in [2.45, 2.75) is 69.8 Å². The van der Waals surface area contributed by atoms with Crippen LogP contribution in [0.4, 0.5) is 31.1 Å². The number of benzene rings is 2. The third-order valence-electron chi connectivity index (χ3n) is 9.05. The number of hydrogen-bond donors (Lipinski definition) is 2. The molecule has 1 unspecified atom stereocenters. The molecule has 3 heterocycles. The van der Waals surface area contributed by atoms with Crippen molar-refractivity contribution in [1.29, 1.82) is 0 Å². The molecule has 3 atom stereocenters. The van der Waals surface area contributed by atoms with Gasteiger partial charge in [0.1, 0.15) is 24.3 Å². The lowest BCUT2D eigenvalue weighted by molar-refractivity contribution is -0.164. The maximum Gasteiger partial charge on any atom is 0.411 e. The summed E-state index contributed by atoms with van der Waals surface area (Å²) in [6, 6.07) is 6.12. The Hall–Kier alpha value is -5.02. The van der Waals surface area contributed by atoms with Gasteiger partial charge in [-0.05, 0) is 54.0 Å². The van der Waals surface area contributed by atoms with Gasteiger partial charge in [0.25, 0.3) is 12.3 Å². The zero-order chi connectivity index (χ0) is 40.2. The second kappa shape index (κ2) is 14.2. The van der Waals surface area contributed by atoms with E-state index in [2.05, 4.69) is 20.2 Å². The number of ether oxygens (including phenoxy) is 1. The highest BCUT2D eigenvalue weighted by Crippen LogP contribution is 2.49. The highest BCUT2D eigenvalue weighted by atomic mass is 35.5. The Balaban J connectivity index is 1.42. The average Bonchev–Trinajstić information content (AvgIpc) is 3.39. The summed E-state index contributed by atoms with van der Waals surface area (Å²) in [7, 11) is 0. The van der Waals surface area contributed by atoms with Crippen LogP contribution in [0.1, 0.15) is 69.5 Å². The van der Waals surface area contributed by atoms with Gasteiger partial charge in [-0.3, -0.25) is 13.9 Å². The minimum atomic E-state index is -4.77. The summed E-state index contributed by atoms with van der Waals surface area (Å²) in [6.07, 6.45) is -7.09. The van der Waals surface area contributed by atoms with Gasteiger partial charge < -0.3 is 20.3 Å². The van der Waals surface area contributed by atoms with Crippen LogP contribution in [0.3, 0.4) is 0 Å². The number of amides is 2. The van der Waals surface area contributed by atoms with Crippen molar-refractivity contribution in [3.05, 3.63) is 82.9 Å². The first kappa shape index (κ1) is 39.7. The highest BCUT2D eigenvalue weighted by Gasteiger charge is 2.64. The molecule has 2 amide bonds. The van der Waals surface area contributed by atoms with Crippen LogP contribution in [0.2, 0.25) is 5.02 Å². The Morgan fingerprint density at radius 2 is 1.85 bits per heavy atom. The number of nitrogens with two attached hydrogens (primary N) is 1. The Morgan fingerprint density at radius 1 is 1.15 bits per heavy atom. The van der Waals surface area contributed by atoms with Crippen LogP contribution < -0.4 is 11.1 Å². The quantitative estimate of drug-likeness (QED) is 0.138. The summed E-state index contributed by atoms with van der Waals surface area (Å²) in [5.74, 6) is -2.96. The minimum absolute atomic E-state index is 0.0261. The molecular formula is C33H31ClF6N9O5S-. The van der Waals surface area contributed by atoms with Gasteiger partial charge in [0, 0.05) is 17.3 Å². The van der Waals surface area contributed by atoms with Crippen LogP contribution >= 0.6 is 11.6 Å². The van der Waals surface area contributed by atoms with Gasteiger partial charge in [-0.1, -0.05) is 50.6 Å². The van der Waals surface area contributed by atoms with E-state index in [4.69, 9.17) is 22.1 Å². The molecule has 1 saturated carbocycles. The summed E-state index contributed by atoms with van der Waals surface area (Å²) >= 11 is 3.63. The van der Waals surface area contributed by atoms with Crippen LogP contribution in [-0.4, -0.2) is 73.9 Å². The highest BCUT2D eigenvalue weighted by molar-refractivity contribution is 7.77. The molecule has 1 fully saturated rings. The van der Waals surface area contributed by atoms with E-state index in [1.54, 1.807) is 20.8 Å². The number of aromatic nitrogens is 5. The summed E-state index contributed by atoms with van der Waals surface area (Å²) < 4.78 is 114. The van der Waals surface area contributed by atoms with Crippen LogP contribution in [0.25, 0.3) is 16.8 Å². The smallest absolute Gasteiger partial charge is 0.411 e. The van der Waals surface area contributed by atoms with Gasteiger partial charge in [-0.2, -0.15) is 27.5 Å². The Kier molecular flexibility index (Phi) is 10.3. The van der Waals surface area contributed by atoms with Gasteiger partial charge in [0.05, 0.1) is 34.2 Å². The van der Waals surface area contributed by atoms with E-state index in [-0.39, 0.29) is 52.2 Å². The molecule has 55 heavy (non-hydrogen) atoms. The fourth-order valence-corrected chi connectivity index (χ4v) is 6.92. The molecule has 0 saturated heterocycles. The fraction of sp³-hybridized carbons (Fsp3) is 0.394. The minimum Gasteiger partial charge on any atom is -0.754 e. The first-order valence-corrected chi connectivity index (χ1v) is 17.7. The first-order valence-electron chi connectivity index (χ1n) is 16.3. The number of carbonyl (C=O) groups excluding carboxylic acids is 2. The normalized spacial score (nSPS) is 19.4. The zero-order valence-electron chi connectivity index (χ0n) is 29.0. The summed E-state index contributed by atoms with van der Waals surface area (Å²) in [5, 5.41) is 9.25. The molecule has 0 radical (unpaired) electrons. The van der Waals surface area contributed by atoms with E-state index < -0.39 is 82.6 Å². The lowest BCUT2D eigenvalue weighted by Gasteiger charge is -2.35. The van der Waals surface area contributed by atoms with Crippen molar-refractivity contribution in [3.63, 3.8) is 0 Å². The van der Waals surface area contributed by atoms with E-state index in [0.717, 1.165) is 34.4 Å². The number of halogens is 7. The van der Waals surface area contributed by atoms with E-state index in [1.165, 1.54) is 30.3 Å². The molecule has 4 aromatic rings. The van der Waals surface area contributed by atoms with Gasteiger partial charge in [-0.25, -0.2) is 32.6 Å². The number of nitrogens with zero attached hydrogens (tertiary/aromatic N) is 7. The van der Waals surface area contributed by atoms with Gasteiger partial charge in [-0.15, -0.1) is 0 Å². The maximum absolute atomic E-state index is 15.9. The van der Waals surface area contributed by atoms with Crippen LogP contribution in [0, 0.1) is 11.2 Å². The van der Waals surface area contributed by atoms with Crippen LogP contribution in [0.5, 0.6) is 0 Å². The SMILES string of the molecule is CC(C)(C)C[C@]1(c2ccc(-c3cnn(S(=O)[O-])c3)c(F)c2)N=C(N)N([C@H](COC(=O)NC2(C(F)(F)F)CC2)c2ccc(Cl)c(-n3ncnc3C(F)F)c2)C1=O. The number of alkyl halides is 5. The molecule has 2 aromatic carbocycles. The summed E-state index contributed by atoms with van der Waals surface area (Å²) in [4.78, 5) is 36.8. The predicted octanol–water partition coefficient (Wildman–Crippen LogP) is 5.85. The third kappa shape index (κ3) is 7.64. The van der Waals surface area contributed by atoms with Gasteiger partial charge >= 0.3 is 12.3 Å². The molecule has 3 N–H and O–H groups in total. The third-order valence-corrected chi connectivity index (χ3v) is 9.88. The molecule has 1 aliphatic heterocycles. The molecule has 0 spiro atoms. The van der Waals surface area contributed by atoms with E-state index in [9.17, 15) is 40.3 Å². The average molecular weight is 815 g/mol. The molecule has 2 aromatic heterocycles. The van der Waals surface area contributed by atoms with E-state index in [0.29, 0.717) is 4.09 Å². The summed E-state index contributed by atoms with van der Waals surface area (Å²) in [6.45, 7) is 4.51. The van der Waals surface area contributed by atoms with Crippen LogP contribution in [-0.2, 0) is 26.3 Å². The molecule has 1 aliphatic carbocycles. The van der Waals surface area contributed by atoms with Crippen LogP contribution in [0.15, 0.2) is 60.1 Å². The molecule has 2 aliphatic rings. The van der Waals surface area contributed by atoms with E-state index in [1.807, 2.05) is 5.32 Å². The van der Waals surface area contributed by atoms with Crippen molar-refractivity contribution in [1.82, 2.24) is 34.2 Å². The number of hydrogen-bond acceptors (Lipinski definition) is 10. The van der Waals surface area contributed by atoms with Crippen molar-refractivity contribution in [3.8, 4) is 16.8 Å². The zero-order valence-corrected chi connectivity index (χ0v) is 30.6. The van der Waals surface area contributed by atoms with Crippen molar-refractivity contribution < 1.29 is 49.4 Å². The topological polar surface area (TPSA) is 186 Å². The lowest BCUT2D eigenvalue weighted by Crippen LogP contribution is -2.50. The molecule has 22 heteroatoms. The first-order chi connectivity index (χ1) is 25.7. The second-order valence-electron chi connectivity index (χ2n) is 14.1. The molecule has 14 nitrogen and oxygen atoms in total. The molecule has 294 valence electrons. The Labute approximate surface area is 316 Å². The number of aliphatic imine (C=N–C) groups is 1. The molecule has 0 bridgehead atoms. The second-order valence-corrected chi connectivity index (χ2v) is 15.4. The van der Waals surface area contributed by atoms with Crippen molar-refractivity contribution >= 4 is 40.8 Å². The lowest BCUT2D eigenvalue weighted by atomic mass is 9.75. The number of rotatable bonds is 11. The Morgan fingerprint density at radius 3 is 2.44 bits per heavy atom. The monoisotopic (exact) mass is 814 g/mol. The molecular weight excluding hydrogens is 784 g/mol. The Bertz CT molecular complexity index is 2200. The number of carbonyl (C=O) groups is 2. The number of alkyl carbamates (subject to hydrolysis) is 1. The molecule has 6 rings (SSSR count). The van der Waals surface area contributed by atoms with Gasteiger partial charge in [0.2, 0.25) is 0 Å². The van der Waals surface area contributed by atoms with Crippen molar-refractivity contribution in [2.75, 3.05) is 6.61 Å². The number of guanidine groups is 1. The standard InChI is InChI=1S/C33H32ClF6N9O5S/c1-30(2,3)15-32(19-5-6-20(22(35)11-19)18-12-43-47(13-18)55(52)53)27(50)48(28(41)45-32)24(14-54-29(51)46-31(8-9-31)33(38,39)40)17-4-7-21(34)23(10-17)49-26(25(36)37)42-16-44-49/h4-7,10-13,16,24-25H,8-9,14-15H2,1-3H3,(H2,41,45)(H,46,51)(H,52,53)/p-1/t24-,32-/m1/s1. The van der Waals surface area contributed by atoms with Crippen molar-refractivity contribution in [2.24, 2.45) is 16.1 Å². The van der Waals surface area contributed by atoms with Gasteiger partial charge in [0.15, 0.2) is 17.3 Å². The van der Waals surface area contributed by atoms with E-state index >= 15 is 4.39 Å². The maximum atomic E-state index is 15.9. The largest absolute Gasteiger partial charge is 0.754 e.